The van der Waals surface area contributed by atoms with Gasteiger partial charge in [-0.3, -0.25) is 4.79 Å². The first-order valence-electron chi connectivity index (χ1n) is 10.2. The van der Waals surface area contributed by atoms with E-state index in [1.807, 2.05) is 61.5 Å². The first-order chi connectivity index (χ1) is 15.5. The van der Waals surface area contributed by atoms with Gasteiger partial charge in [0.1, 0.15) is 0 Å². The Bertz CT molecular complexity index is 1210. The van der Waals surface area contributed by atoms with Gasteiger partial charge in [0, 0.05) is 12.5 Å². The summed E-state index contributed by atoms with van der Waals surface area (Å²) >= 11 is 0. The van der Waals surface area contributed by atoms with E-state index in [1.54, 1.807) is 24.3 Å². The van der Waals surface area contributed by atoms with E-state index in [0.29, 0.717) is 29.2 Å². The van der Waals surface area contributed by atoms with E-state index in [4.69, 9.17) is 14.2 Å². The molecule has 1 heterocycles. The Morgan fingerprint density at radius 2 is 1.62 bits per heavy atom. The van der Waals surface area contributed by atoms with E-state index >= 15 is 0 Å². The summed E-state index contributed by atoms with van der Waals surface area (Å²) < 4.78 is 16.1. The van der Waals surface area contributed by atoms with E-state index in [0.717, 1.165) is 11.1 Å². The molecule has 0 fully saturated rings. The molecular weight excluding hydrogens is 406 g/mol. The molecule has 0 unspecified atom stereocenters. The van der Waals surface area contributed by atoms with Gasteiger partial charge in [-0.15, -0.1) is 0 Å². The highest BCUT2D eigenvalue weighted by atomic mass is 16.6. The number of hydrogen-bond acceptors (Lipinski definition) is 6. The molecule has 6 heteroatoms. The summed E-state index contributed by atoms with van der Waals surface area (Å²) in [5.41, 5.74) is 3.72. The van der Waals surface area contributed by atoms with Gasteiger partial charge in [-0.1, -0.05) is 48.5 Å². The van der Waals surface area contributed by atoms with Crippen molar-refractivity contribution in [2.45, 2.75) is 13.8 Å². The number of esters is 2. The molecule has 1 aliphatic heterocycles. The SMILES string of the molecule is CCOc1cc(/C=C2\N=C(c3ccc(-c4ccccc4)cc3)OC2=O)ccc1OC(C)=O. The van der Waals surface area contributed by atoms with Crippen LogP contribution in [-0.2, 0) is 14.3 Å². The fourth-order valence-corrected chi connectivity index (χ4v) is 3.25. The molecule has 32 heavy (non-hydrogen) atoms. The average molecular weight is 427 g/mol. The van der Waals surface area contributed by atoms with Crippen LogP contribution in [0.25, 0.3) is 17.2 Å². The highest BCUT2D eigenvalue weighted by Crippen LogP contribution is 2.30. The molecule has 0 amide bonds. The molecule has 0 N–H and O–H groups in total. The third-order valence-corrected chi connectivity index (χ3v) is 4.68. The minimum Gasteiger partial charge on any atom is -0.490 e. The molecule has 3 aromatic rings. The molecule has 0 saturated carbocycles. The lowest BCUT2D eigenvalue weighted by Gasteiger charge is -2.10. The van der Waals surface area contributed by atoms with Crippen LogP contribution in [0.3, 0.4) is 0 Å². The topological polar surface area (TPSA) is 74.2 Å². The Morgan fingerprint density at radius 1 is 0.938 bits per heavy atom. The zero-order valence-electron chi connectivity index (χ0n) is 17.7. The van der Waals surface area contributed by atoms with E-state index in [1.165, 1.54) is 6.92 Å². The maximum Gasteiger partial charge on any atom is 0.363 e. The van der Waals surface area contributed by atoms with Crippen molar-refractivity contribution >= 4 is 23.9 Å². The number of rotatable bonds is 6. The van der Waals surface area contributed by atoms with Gasteiger partial charge in [-0.2, -0.15) is 0 Å². The van der Waals surface area contributed by atoms with Crippen molar-refractivity contribution in [1.29, 1.82) is 0 Å². The first-order valence-corrected chi connectivity index (χ1v) is 10.2. The van der Waals surface area contributed by atoms with Gasteiger partial charge in [0.2, 0.25) is 5.90 Å². The maximum atomic E-state index is 12.4. The van der Waals surface area contributed by atoms with Crippen LogP contribution in [0.5, 0.6) is 11.5 Å². The van der Waals surface area contributed by atoms with Crippen LogP contribution >= 0.6 is 0 Å². The third kappa shape index (κ3) is 4.75. The molecule has 3 aromatic carbocycles. The molecule has 160 valence electrons. The van der Waals surface area contributed by atoms with Crippen molar-refractivity contribution in [3.8, 4) is 22.6 Å². The van der Waals surface area contributed by atoms with Crippen LogP contribution in [0.15, 0.2) is 83.5 Å². The number of hydrogen-bond donors (Lipinski definition) is 0. The van der Waals surface area contributed by atoms with Crippen molar-refractivity contribution in [3.05, 3.63) is 89.6 Å². The number of ether oxygens (including phenoxy) is 3. The van der Waals surface area contributed by atoms with Crippen LogP contribution < -0.4 is 9.47 Å². The van der Waals surface area contributed by atoms with E-state index in [9.17, 15) is 9.59 Å². The summed E-state index contributed by atoms with van der Waals surface area (Å²) in [5.74, 6) is 0.00264. The first kappa shape index (κ1) is 21.1. The minimum absolute atomic E-state index is 0.176. The number of nitrogens with zero attached hydrogens (tertiary/aromatic N) is 1. The second kappa shape index (κ2) is 9.31. The van der Waals surface area contributed by atoms with Crippen LogP contribution in [0.2, 0.25) is 0 Å². The van der Waals surface area contributed by atoms with E-state index in [-0.39, 0.29) is 11.6 Å². The van der Waals surface area contributed by atoms with Crippen LogP contribution in [-0.4, -0.2) is 24.4 Å². The van der Waals surface area contributed by atoms with Crippen LogP contribution in [0.4, 0.5) is 0 Å². The minimum atomic E-state index is -0.533. The summed E-state index contributed by atoms with van der Waals surface area (Å²) in [5, 5.41) is 0. The highest BCUT2D eigenvalue weighted by molar-refractivity contribution is 6.13. The van der Waals surface area contributed by atoms with Gasteiger partial charge in [0.15, 0.2) is 17.2 Å². The predicted molar refractivity (Wildman–Crippen MR) is 121 cm³/mol. The molecule has 0 aliphatic carbocycles. The summed E-state index contributed by atoms with van der Waals surface area (Å²) in [6.07, 6.45) is 1.60. The van der Waals surface area contributed by atoms with Crippen molar-refractivity contribution in [1.82, 2.24) is 0 Å². The zero-order valence-corrected chi connectivity index (χ0v) is 17.7. The Balaban J connectivity index is 1.58. The van der Waals surface area contributed by atoms with Gasteiger partial charge in [0.25, 0.3) is 0 Å². The Hall–Kier alpha value is -4.19. The summed E-state index contributed by atoms with van der Waals surface area (Å²) in [7, 11) is 0. The largest absolute Gasteiger partial charge is 0.490 e. The Kier molecular flexibility index (Phi) is 6.12. The molecule has 0 radical (unpaired) electrons. The summed E-state index contributed by atoms with van der Waals surface area (Å²) in [6.45, 7) is 3.55. The van der Waals surface area contributed by atoms with Gasteiger partial charge in [-0.05, 0) is 54.0 Å². The van der Waals surface area contributed by atoms with Crippen molar-refractivity contribution in [3.63, 3.8) is 0 Å². The van der Waals surface area contributed by atoms with E-state index in [2.05, 4.69) is 4.99 Å². The second-order valence-corrected chi connectivity index (χ2v) is 7.01. The van der Waals surface area contributed by atoms with Crippen molar-refractivity contribution in [2.24, 2.45) is 4.99 Å². The van der Waals surface area contributed by atoms with Crippen molar-refractivity contribution < 1.29 is 23.8 Å². The lowest BCUT2D eigenvalue weighted by Crippen LogP contribution is -2.05. The molecule has 0 aromatic heterocycles. The van der Waals surface area contributed by atoms with Gasteiger partial charge >= 0.3 is 11.9 Å². The predicted octanol–water partition coefficient (Wildman–Crippen LogP) is 5.02. The van der Waals surface area contributed by atoms with Crippen LogP contribution in [0, 0.1) is 0 Å². The molecule has 6 nitrogen and oxygen atoms in total. The van der Waals surface area contributed by atoms with E-state index < -0.39 is 11.9 Å². The lowest BCUT2D eigenvalue weighted by molar-refractivity contribution is -0.132. The van der Waals surface area contributed by atoms with Gasteiger partial charge < -0.3 is 14.2 Å². The number of benzene rings is 3. The fraction of sp³-hybridized carbons (Fsp3) is 0.115. The van der Waals surface area contributed by atoms with Crippen LogP contribution in [0.1, 0.15) is 25.0 Å². The molecule has 0 spiro atoms. The normalized spacial score (nSPS) is 14.1. The smallest absolute Gasteiger partial charge is 0.363 e. The van der Waals surface area contributed by atoms with Gasteiger partial charge in [-0.25, -0.2) is 9.79 Å². The average Bonchev–Trinajstić information content (AvgIpc) is 3.16. The molecule has 1 aliphatic rings. The number of aliphatic imine (C=N–C) groups is 1. The molecule has 4 rings (SSSR count). The summed E-state index contributed by atoms with van der Waals surface area (Å²) in [4.78, 5) is 28.0. The Morgan fingerprint density at radius 3 is 2.31 bits per heavy atom. The summed E-state index contributed by atoms with van der Waals surface area (Å²) in [6, 6.07) is 22.7. The molecular formula is C26H21NO5. The number of carbonyl (C=O) groups is 2. The number of carbonyl (C=O) groups excluding carboxylic acids is 2. The number of cyclic esters (lactones) is 1. The lowest BCUT2D eigenvalue weighted by atomic mass is 10.0. The third-order valence-electron chi connectivity index (χ3n) is 4.68. The van der Waals surface area contributed by atoms with Crippen molar-refractivity contribution in [2.75, 3.05) is 6.61 Å². The van der Waals surface area contributed by atoms with Gasteiger partial charge in [0.05, 0.1) is 6.61 Å². The molecule has 0 bridgehead atoms. The molecule has 0 saturated heterocycles. The standard InChI is InChI=1S/C26H21NO5/c1-3-30-24-16-18(9-14-23(24)31-17(2)28)15-22-26(29)32-25(27-22)21-12-10-20(11-13-21)19-7-5-4-6-8-19/h4-16H,3H2,1-2H3/b22-15-. The monoisotopic (exact) mass is 427 g/mol. The zero-order chi connectivity index (χ0) is 22.5. The second-order valence-electron chi connectivity index (χ2n) is 7.01. The Labute approximate surface area is 185 Å². The fourth-order valence-electron chi connectivity index (χ4n) is 3.25. The maximum absolute atomic E-state index is 12.4. The highest BCUT2D eigenvalue weighted by Gasteiger charge is 2.24. The quantitative estimate of drug-likeness (QED) is 0.314. The molecule has 0 atom stereocenters.